The van der Waals surface area contributed by atoms with Gasteiger partial charge < -0.3 is 15.4 Å². The second-order valence-corrected chi connectivity index (χ2v) is 7.68. The molecule has 1 aromatic heterocycles. The summed E-state index contributed by atoms with van der Waals surface area (Å²) in [5, 5.41) is 14.5. The smallest absolute Gasteiger partial charge is 0.272 e. The van der Waals surface area contributed by atoms with E-state index in [1.807, 2.05) is 0 Å². The van der Waals surface area contributed by atoms with Crippen molar-refractivity contribution in [3.8, 4) is 5.75 Å². The van der Waals surface area contributed by atoms with Gasteiger partial charge in [-0.3, -0.25) is 4.79 Å². The van der Waals surface area contributed by atoms with Crippen molar-refractivity contribution in [3.63, 3.8) is 0 Å². The number of halogens is 3. The van der Waals surface area contributed by atoms with Crippen LogP contribution in [0.1, 0.15) is 36.7 Å². The van der Waals surface area contributed by atoms with Crippen molar-refractivity contribution in [3.05, 3.63) is 47.9 Å². The predicted molar refractivity (Wildman–Crippen MR) is 125 cm³/mol. The Labute approximate surface area is 195 Å². The number of ether oxygens (including phenoxy) is 1. The van der Waals surface area contributed by atoms with Gasteiger partial charge in [0.1, 0.15) is 23.1 Å². The molecular formula is C23H27F3N6O2. The molecule has 0 saturated heterocycles. The Kier molecular flexibility index (Phi) is 8.83. The highest BCUT2D eigenvalue weighted by Crippen LogP contribution is 2.28. The van der Waals surface area contributed by atoms with Gasteiger partial charge in [-0.05, 0) is 56.2 Å². The number of amides is 1. The van der Waals surface area contributed by atoms with E-state index in [2.05, 4.69) is 32.5 Å². The van der Waals surface area contributed by atoms with Gasteiger partial charge in [-0.15, -0.1) is 0 Å². The summed E-state index contributed by atoms with van der Waals surface area (Å²) in [5.74, 6) is -0.122. The second kappa shape index (κ2) is 12.0. The molecule has 1 saturated carbocycles. The molecule has 0 radical (unpaired) electrons. The standard InChI is InChI=1S/C23H27F3N6O2/c1-3-29-32(27-2)19-11-12-21(28-13-20(25)26)31-22(19)23(33)30-18-6-4-5-15(18)14-34-17-9-7-16(24)8-10-17/h3,7-12,15,18,20H,2,4-6,13-14H2,1H3,(H,28,31)(H,30,33)/b29-3-/t15-,18+/m1/s1. The second-order valence-electron chi connectivity index (χ2n) is 7.68. The minimum Gasteiger partial charge on any atom is -0.493 e. The molecule has 0 aliphatic heterocycles. The Hall–Kier alpha value is -3.63. The summed E-state index contributed by atoms with van der Waals surface area (Å²) in [5.41, 5.74) is 0.229. The Bertz CT molecular complexity index is 1000. The van der Waals surface area contributed by atoms with Crippen molar-refractivity contribution in [1.29, 1.82) is 0 Å². The molecule has 1 heterocycles. The zero-order valence-corrected chi connectivity index (χ0v) is 18.8. The number of nitrogens with one attached hydrogen (secondary N) is 2. The number of hydrazone groups is 2. The molecule has 34 heavy (non-hydrogen) atoms. The molecule has 2 aromatic rings. The lowest BCUT2D eigenvalue weighted by atomic mass is 10.0. The normalized spacial score (nSPS) is 17.7. The van der Waals surface area contributed by atoms with Crippen molar-refractivity contribution in [2.24, 2.45) is 16.1 Å². The Morgan fingerprint density at radius 3 is 2.74 bits per heavy atom. The quantitative estimate of drug-likeness (QED) is 0.373. The molecule has 1 amide bonds. The molecule has 8 nitrogen and oxygen atoms in total. The van der Waals surface area contributed by atoms with Crippen LogP contribution in [0.2, 0.25) is 0 Å². The summed E-state index contributed by atoms with van der Waals surface area (Å²) in [4.78, 5) is 17.5. The van der Waals surface area contributed by atoms with Crippen molar-refractivity contribution in [2.45, 2.75) is 38.7 Å². The maximum absolute atomic E-state index is 13.2. The molecule has 1 aromatic carbocycles. The highest BCUT2D eigenvalue weighted by Gasteiger charge is 2.31. The summed E-state index contributed by atoms with van der Waals surface area (Å²) in [7, 11) is 0. The van der Waals surface area contributed by atoms with Crippen LogP contribution in [0.25, 0.3) is 0 Å². The van der Waals surface area contributed by atoms with E-state index in [4.69, 9.17) is 4.74 Å². The molecule has 1 aliphatic carbocycles. The van der Waals surface area contributed by atoms with Gasteiger partial charge in [-0.25, -0.2) is 18.2 Å². The van der Waals surface area contributed by atoms with Gasteiger partial charge in [0.2, 0.25) is 0 Å². The van der Waals surface area contributed by atoms with E-state index in [0.29, 0.717) is 12.4 Å². The maximum Gasteiger partial charge on any atom is 0.272 e. The molecule has 1 fully saturated rings. The molecule has 11 heteroatoms. The number of hydrogen-bond acceptors (Lipinski definition) is 7. The lowest BCUT2D eigenvalue weighted by molar-refractivity contribution is 0.0914. The molecule has 0 unspecified atom stereocenters. The molecule has 0 spiro atoms. The Morgan fingerprint density at radius 2 is 2.06 bits per heavy atom. The fraction of sp³-hybridized carbons (Fsp3) is 0.391. The number of pyridine rings is 1. The third kappa shape index (κ3) is 6.69. The van der Waals surface area contributed by atoms with Crippen LogP contribution in [0.4, 0.5) is 24.7 Å². The highest BCUT2D eigenvalue weighted by molar-refractivity contribution is 5.98. The van der Waals surface area contributed by atoms with Gasteiger partial charge in [0, 0.05) is 24.9 Å². The summed E-state index contributed by atoms with van der Waals surface area (Å²) in [6, 6.07) is 8.55. The minimum atomic E-state index is -2.57. The summed E-state index contributed by atoms with van der Waals surface area (Å²) >= 11 is 0. The van der Waals surface area contributed by atoms with Crippen LogP contribution < -0.4 is 20.5 Å². The number of rotatable bonds is 11. The first-order valence-electron chi connectivity index (χ1n) is 10.9. The van der Waals surface area contributed by atoms with Gasteiger partial charge in [0.25, 0.3) is 12.3 Å². The van der Waals surface area contributed by atoms with Gasteiger partial charge in [0.05, 0.1) is 13.2 Å². The Balaban J connectivity index is 1.75. The molecular weight excluding hydrogens is 449 g/mol. The number of hydrogen-bond donors (Lipinski definition) is 2. The topological polar surface area (TPSA) is 91.2 Å². The number of benzene rings is 1. The van der Waals surface area contributed by atoms with E-state index in [9.17, 15) is 18.0 Å². The third-order valence-corrected chi connectivity index (χ3v) is 5.35. The fourth-order valence-electron chi connectivity index (χ4n) is 3.74. The monoisotopic (exact) mass is 476 g/mol. The number of carbonyl (C=O) groups is 1. The average molecular weight is 477 g/mol. The van der Waals surface area contributed by atoms with E-state index >= 15 is 0 Å². The van der Waals surface area contributed by atoms with Crippen LogP contribution >= 0.6 is 0 Å². The maximum atomic E-state index is 13.2. The van der Waals surface area contributed by atoms with Crippen molar-refractivity contribution < 1.29 is 22.7 Å². The first-order chi connectivity index (χ1) is 16.4. The minimum absolute atomic E-state index is 0.0256. The summed E-state index contributed by atoms with van der Waals surface area (Å²) < 4.78 is 44.1. The molecule has 0 bridgehead atoms. The van der Waals surface area contributed by atoms with Gasteiger partial charge >= 0.3 is 0 Å². The van der Waals surface area contributed by atoms with Crippen molar-refractivity contribution >= 4 is 30.3 Å². The highest BCUT2D eigenvalue weighted by atomic mass is 19.3. The fourth-order valence-corrected chi connectivity index (χ4v) is 3.74. The van der Waals surface area contributed by atoms with Crippen LogP contribution in [0, 0.1) is 11.7 Å². The molecule has 1 aliphatic rings. The molecule has 3 rings (SSSR count). The third-order valence-electron chi connectivity index (χ3n) is 5.35. The molecule has 2 N–H and O–H groups in total. The van der Waals surface area contributed by atoms with Crippen LogP contribution in [0.3, 0.4) is 0 Å². The van der Waals surface area contributed by atoms with Crippen LogP contribution in [-0.2, 0) is 0 Å². The lowest BCUT2D eigenvalue weighted by Crippen LogP contribution is -2.40. The van der Waals surface area contributed by atoms with Crippen LogP contribution in [0.5, 0.6) is 5.75 Å². The number of aromatic nitrogens is 1. The number of alkyl halides is 2. The van der Waals surface area contributed by atoms with Gasteiger partial charge in [-0.1, -0.05) is 6.42 Å². The van der Waals surface area contributed by atoms with E-state index in [0.717, 1.165) is 24.4 Å². The number of anilines is 2. The van der Waals surface area contributed by atoms with Crippen molar-refractivity contribution in [1.82, 2.24) is 10.3 Å². The number of carbonyl (C=O) groups excluding carboxylic acids is 1. The summed E-state index contributed by atoms with van der Waals surface area (Å²) in [6.07, 6.45) is 1.40. The first-order valence-corrected chi connectivity index (χ1v) is 10.9. The van der Waals surface area contributed by atoms with E-state index < -0.39 is 18.9 Å². The van der Waals surface area contributed by atoms with Gasteiger partial charge in [0.15, 0.2) is 5.69 Å². The average Bonchev–Trinajstić information content (AvgIpc) is 3.27. The lowest BCUT2D eigenvalue weighted by Gasteiger charge is -2.23. The van der Waals surface area contributed by atoms with E-state index in [1.165, 1.54) is 30.5 Å². The predicted octanol–water partition coefficient (Wildman–Crippen LogP) is 4.30. The molecule has 2 atom stereocenters. The largest absolute Gasteiger partial charge is 0.493 e. The zero-order valence-electron chi connectivity index (χ0n) is 18.8. The summed E-state index contributed by atoms with van der Waals surface area (Å²) in [6.45, 7) is 4.89. The van der Waals surface area contributed by atoms with Crippen molar-refractivity contribution in [2.75, 3.05) is 23.6 Å². The van der Waals surface area contributed by atoms with E-state index in [-0.39, 0.29) is 35.0 Å². The van der Waals surface area contributed by atoms with Gasteiger partial charge in [-0.2, -0.15) is 15.3 Å². The SMILES string of the molecule is C=NN(/N=C\C)c1ccc(NCC(F)F)nc1C(=O)N[C@H]1CCC[C@@H]1COc1ccc(F)cc1. The number of nitrogens with zero attached hydrogens (tertiary/aromatic N) is 4. The zero-order chi connectivity index (χ0) is 24.5. The van der Waals surface area contributed by atoms with Crippen LogP contribution in [-0.4, -0.2) is 49.4 Å². The van der Waals surface area contributed by atoms with Crippen LogP contribution in [0.15, 0.2) is 46.6 Å². The first kappa shape index (κ1) is 25.0. The molecule has 182 valence electrons. The van der Waals surface area contributed by atoms with E-state index in [1.54, 1.807) is 19.1 Å². The Morgan fingerprint density at radius 1 is 1.29 bits per heavy atom.